The monoisotopic (exact) mass is 363 g/mol. The van der Waals surface area contributed by atoms with Crippen LogP contribution < -0.4 is 4.72 Å². The smallest absolute Gasteiger partial charge is 0.211 e. The van der Waals surface area contributed by atoms with E-state index >= 15 is 0 Å². The highest BCUT2D eigenvalue weighted by molar-refractivity contribution is 7.89. The molecule has 7 heteroatoms. The first-order chi connectivity index (χ1) is 11.4. The molecule has 4 N–H and O–H groups in total. The van der Waals surface area contributed by atoms with Crippen molar-refractivity contribution in [2.24, 2.45) is 17.8 Å². The fraction of sp³-hybridized carbons (Fsp3) is 0.882. The van der Waals surface area contributed by atoms with Crippen LogP contribution in [0.4, 0.5) is 0 Å². The number of sulfonamides is 1. The Bertz CT molecular complexity index is 479. The second kappa shape index (κ2) is 10.4. The second-order valence-corrected chi connectivity index (χ2v) is 8.69. The SMILES string of the molecule is CCCCS(=O)(=O)NC[C@H]1C(C(CC)CCC=CO)C(O)C[C@H]1O. The Morgan fingerprint density at radius 1 is 1.25 bits per heavy atom. The van der Waals surface area contributed by atoms with Crippen molar-refractivity contribution in [1.29, 1.82) is 0 Å². The van der Waals surface area contributed by atoms with E-state index < -0.39 is 22.2 Å². The fourth-order valence-corrected chi connectivity index (χ4v) is 5.00. The molecule has 0 saturated heterocycles. The van der Waals surface area contributed by atoms with Crippen LogP contribution in [0.15, 0.2) is 12.3 Å². The lowest BCUT2D eigenvalue weighted by atomic mass is 9.78. The van der Waals surface area contributed by atoms with Gasteiger partial charge in [0.15, 0.2) is 0 Å². The second-order valence-electron chi connectivity index (χ2n) is 6.76. The molecule has 24 heavy (non-hydrogen) atoms. The van der Waals surface area contributed by atoms with Crippen molar-refractivity contribution in [2.45, 2.75) is 64.6 Å². The van der Waals surface area contributed by atoms with E-state index in [0.29, 0.717) is 19.3 Å². The van der Waals surface area contributed by atoms with Gasteiger partial charge in [0.1, 0.15) is 0 Å². The first-order valence-corrected chi connectivity index (χ1v) is 10.6. The third kappa shape index (κ3) is 6.35. The molecule has 0 spiro atoms. The van der Waals surface area contributed by atoms with Gasteiger partial charge in [-0.3, -0.25) is 0 Å². The third-order valence-electron chi connectivity index (χ3n) is 5.10. The van der Waals surface area contributed by atoms with Crippen LogP contribution in [0, 0.1) is 17.8 Å². The number of aliphatic hydroxyl groups is 3. The van der Waals surface area contributed by atoms with E-state index in [1.54, 1.807) is 6.08 Å². The summed E-state index contributed by atoms with van der Waals surface area (Å²) in [6.45, 7) is 4.14. The van der Waals surface area contributed by atoms with Gasteiger partial charge in [-0.15, -0.1) is 0 Å². The molecule has 0 heterocycles. The molecule has 0 radical (unpaired) electrons. The van der Waals surface area contributed by atoms with E-state index in [2.05, 4.69) is 4.72 Å². The summed E-state index contributed by atoms with van der Waals surface area (Å²) < 4.78 is 26.6. The van der Waals surface area contributed by atoms with E-state index in [1.165, 1.54) is 0 Å². The van der Waals surface area contributed by atoms with Gasteiger partial charge in [0.05, 0.1) is 24.2 Å². The van der Waals surface area contributed by atoms with Gasteiger partial charge in [0.25, 0.3) is 0 Å². The third-order valence-corrected chi connectivity index (χ3v) is 6.53. The Morgan fingerprint density at radius 3 is 2.54 bits per heavy atom. The Kier molecular flexibility index (Phi) is 9.26. The van der Waals surface area contributed by atoms with Gasteiger partial charge < -0.3 is 15.3 Å². The summed E-state index contributed by atoms with van der Waals surface area (Å²) in [7, 11) is -3.34. The van der Waals surface area contributed by atoms with Crippen molar-refractivity contribution >= 4 is 10.0 Å². The fourth-order valence-electron chi connectivity index (χ4n) is 3.74. The molecular formula is C17H33NO5S. The van der Waals surface area contributed by atoms with Crippen molar-refractivity contribution in [3.8, 4) is 0 Å². The van der Waals surface area contributed by atoms with Crippen LogP contribution in [0.1, 0.15) is 52.4 Å². The minimum atomic E-state index is -3.34. The van der Waals surface area contributed by atoms with Crippen molar-refractivity contribution in [3.63, 3.8) is 0 Å². The average molecular weight is 364 g/mol. The standard InChI is InChI=1S/C17H33NO5S/c1-3-5-10-24(22,23)18-12-14-15(20)11-16(21)17(14)13(4-2)8-6-7-9-19/h7,9,13-21H,3-6,8,10-12H2,1-2H3/t13?,14-,15-,16?,17?/m1/s1. The maximum absolute atomic E-state index is 12.0. The van der Waals surface area contributed by atoms with E-state index in [0.717, 1.165) is 25.5 Å². The molecule has 0 aromatic rings. The molecule has 1 aliphatic carbocycles. The number of hydrogen-bond donors (Lipinski definition) is 4. The molecule has 1 rings (SSSR count). The lowest BCUT2D eigenvalue weighted by Gasteiger charge is -2.31. The lowest BCUT2D eigenvalue weighted by molar-refractivity contribution is 0.0685. The van der Waals surface area contributed by atoms with Crippen molar-refractivity contribution in [2.75, 3.05) is 12.3 Å². The van der Waals surface area contributed by atoms with Crippen LogP contribution in [0.3, 0.4) is 0 Å². The highest BCUT2D eigenvalue weighted by Crippen LogP contribution is 2.40. The molecule has 3 unspecified atom stereocenters. The van der Waals surface area contributed by atoms with E-state index in [9.17, 15) is 18.6 Å². The largest absolute Gasteiger partial charge is 0.516 e. The maximum atomic E-state index is 12.0. The van der Waals surface area contributed by atoms with Gasteiger partial charge in [0.2, 0.25) is 10.0 Å². The van der Waals surface area contributed by atoms with Gasteiger partial charge in [-0.2, -0.15) is 0 Å². The van der Waals surface area contributed by atoms with Crippen LogP contribution in [0.5, 0.6) is 0 Å². The van der Waals surface area contributed by atoms with E-state index in [4.69, 9.17) is 5.11 Å². The predicted octanol–water partition coefficient (Wildman–Crippen LogP) is 1.94. The molecule has 5 atom stereocenters. The normalized spacial score (nSPS) is 29.3. The van der Waals surface area contributed by atoms with Crippen LogP contribution in [0.25, 0.3) is 0 Å². The average Bonchev–Trinajstić information content (AvgIpc) is 2.82. The number of aliphatic hydroxyl groups excluding tert-OH is 3. The molecule has 0 aromatic carbocycles. The van der Waals surface area contributed by atoms with E-state index in [-0.39, 0.29) is 30.1 Å². The zero-order chi connectivity index (χ0) is 18.2. The summed E-state index contributed by atoms with van der Waals surface area (Å²) in [5.74, 6) is -0.137. The first kappa shape index (κ1) is 21.4. The van der Waals surface area contributed by atoms with Gasteiger partial charge in [-0.05, 0) is 37.5 Å². The van der Waals surface area contributed by atoms with Crippen molar-refractivity contribution in [1.82, 2.24) is 4.72 Å². The van der Waals surface area contributed by atoms with E-state index in [1.807, 2.05) is 13.8 Å². The summed E-state index contributed by atoms with van der Waals surface area (Å²) in [5.41, 5.74) is 0. The molecule has 0 aliphatic heterocycles. The number of unbranched alkanes of at least 4 members (excludes halogenated alkanes) is 1. The van der Waals surface area contributed by atoms with Gasteiger partial charge >= 0.3 is 0 Å². The Hall–Kier alpha value is -0.630. The molecular weight excluding hydrogens is 330 g/mol. The molecule has 6 nitrogen and oxygen atoms in total. The summed E-state index contributed by atoms with van der Waals surface area (Å²) in [4.78, 5) is 0. The lowest BCUT2D eigenvalue weighted by Crippen LogP contribution is -2.39. The van der Waals surface area contributed by atoms with Crippen LogP contribution >= 0.6 is 0 Å². The summed E-state index contributed by atoms with van der Waals surface area (Å²) >= 11 is 0. The van der Waals surface area contributed by atoms with Crippen LogP contribution in [-0.2, 0) is 10.0 Å². The predicted molar refractivity (Wildman–Crippen MR) is 95.1 cm³/mol. The zero-order valence-electron chi connectivity index (χ0n) is 14.8. The minimum Gasteiger partial charge on any atom is -0.516 e. The Labute approximate surface area is 146 Å². The van der Waals surface area contributed by atoms with Crippen LogP contribution in [0.2, 0.25) is 0 Å². The highest BCUT2D eigenvalue weighted by atomic mass is 32.2. The van der Waals surface area contributed by atoms with Crippen molar-refractivity contribution in [3.05, 3.63) is 12.3 Å². The molecule has 142 valence electrons. The number of nitrogens with one attached hydrogen (secondary N) is 1. The summed E-state index contributed by atoms with van der Waals surface area (Å²) in [6, 6.07) is 0. The number of allylic oxidation sites excluding steroid dienone is 1. The minimum absolute atomic E-state index is 0.0953. The number of rotatable bonds is 11. The summed E-state index contributed by atoms with van der Waals surface area (Å²) in [6.07, 6.45) is 5.42. The first-order valence-electron chi connectivity index (χ1n) is 8.98. The Balaban J connectivity index is 2.73. The summed E-state index contributed by atoms with van der Waals surface area (Å²) in [5, 5.41) is 29.4. The van der Waals surface area contributed by atoms with Gasteiger partial charge in [-0.1, -0.05) is 32.8 Å². The van der Waals surface area contributed by atoms with Crippen molar-refractivity contribution < 1.29 is 23.7 Å². The molecule has 1 aliphatic rings. The zero-order valence-corrected chi connectivity index (χ0v) is 15.6. The molecule has 1 saturated carbocycles. The topological polar surface area (TPSA) is 107 Å². The van der Waals surface area contributed by atoms with Crippen LogP contribution in [-0.4, -0.2) is 48.2 Å². The molecule has 1 fully saturated rings. The molecule has 0 aromatic heterocycles. The Morgan fingerprint density at radius 2 is 1.96 bits per heavy atom. The maximum Gasteiger partial charge on any atom is 0.211 e. The van der Waals surface area contributed by atoms with Gasteiger partial charge in [-0.25, -0.2) is 13.1 Å². The van der Waals surface area contributed by atoms with Gasteiger partial charge in [0, 0.05) is 12.5 Å². The molecule has 0 bridgehead atoms. The number of hydrogen-bond acceptors (Lipinski definition) is 5. The molecule has 0 amide bonds. The quantitative estimate of drug-likeness (QED) is 0.420. The highest BCUT2D eigenvalue weighted by Gasteiger charge is 2.44.